The fraction of sp³-hybridized carbons (Fsp3) is 0.467. The molecule has 0 spiro atoms. The van der Waals surface area contributed by atoms with Crippen LogP contribution in [-0.2, 0) is 12.1 Å². The van der Waals surface area contributed by atoms with Gasteiger partial charge < -0.3 is 5.11 Å². The summed E-state index contributed by atoms with van der Waals surface area (Å²) in [7, 11) is 0. The molecule has 0 bridgehead atoms. The molecule has 5 heteroatoms. The van der Waals surface area contributed by atoms with E-state index in [1.165, 1.54) is 12.8 Å². The molecule has 2 atom stereocenters. The van der Waals surface area contributed by atoms with Gasteiger partial charge in [0.05, 0.1) is 6.54 Å². The van der Waals surface area contributed by atoms with Crippen LogP contribution in [-0.4, -0.2) is 19.9 Å². The van der Waals surface area contributed by atoms with Crippen LogP contribution in [0.25, 0.3) is 0 Å². The van der Waals surface area contributed by atoms with Gasteiger partial charge in [-0.15, -0.1) is 0 Å². The molecule has 0 saturated heterocycles. The lowest BCUT2D eigenvalue weighted by atomic mass is 9.79. The quantitative estimate of drug-likeness (QED) is 0.832. The van der Waals surface area contributed by atoms with E-state index in [2.05, 4.69) is 17.0 Å². The highest BCUT2D eigenvalue weighted by atomic mass is 32.1. The van der Waals surface area contributed by atoms with Crippen molar-refractivity contribution in [3.63, 3.8) is 0 Å². The Morgan fingerprint density at radius 2 is 2.15 bits per heavy atom. The summed E-state index contributed by atoms with van der Waals surface area (Å²) in [6, 6.07) is 9.86. The second-order valence-electron chi connectivity index (χ2n) is 5.67. The minimum atomic E-state index is -0.923. The lowest BCUT2D eigenvalue weighted by Gasteiger charge is -2.35. The van der Waals surface area contributed by atoms with Gasteiger partial charge in [0, 0.05) is 0 Å². The molecule has 20 heavy (non-hydrogen) atoms. The van der Waals surface area contributed by atoms with Gasteiger partial charge in [-0.1, -0.05) is 37.3 Å². The Morgan fingerprint density at radius 3 is 2.70 bits per heavy atom. The minimum absolute atomic E-state index is 0.190. The van der Waals surface area contributed by atoms with Crippen molar-refractivity contribution in [3.05, 3.63) is 47.0 Å². The number of nitrogens with one attached hydrogen (secondary N) is 1. The van der Waals surface area contributed by atoms with Crippen molar-refractivity contribution in [1.82, 2.24) is 14.8 Å². The summed E-state index contributed by atoms with van der Waals surface area (Å²) < 4.78 is 2.21. The number of hydrogen-bond donors (Lipinski definition) is 2. The molecule has 0 radical (unpaired) electrons. The molecule has 1 aromatic carbocycles. The highest BCUT2D eigenvalue weighted by Crippen LogP contribution is 2.46. The molecule has 0 aliphatic heterocycles. The zero-order valence-electron chi connectivity index (χ0n) is 11.5. The van der Waals surface area contributed by atoms with Crippen LogP contribution < -0.4 is 0 Å². The highest BCUT2D eigenvalue weighted by molar-refractivity contribution is 7.71. The Labute approximate surface area is 123 Å². The van der Waals surface area contributed by atoms with Crippen molar-refractivity contribution in [1.29, 1.82) is 0 Å². The molecule has 0 amide bonds. The summed E-state index contributed by atoms with van der Waals surface area (Å²) in [5, 5.41) is 14.3. The molecule has 1 heterocycles. The molecule has 1 aliphatic rings. The second kappa shape index (κ2) is 5.14. The van der Waals surface area contributed by atoms with E-state index in [9.17, 15) is 5.11 Å². The third kappa shape index (κ3) is 2.43. The smallest absolute Gasteiger partial charge is 0.215 e. The molecule has 3 rings (SSSR count). The molecule has 1 fully saturated rings. The van der Waals surface area contributed by atoms with Crippen LogP contribution in [0, 0.1) is 16.6 Å². The first-order valence-corrected chi connectivity index (χ1v) is 7.40. The summed E-state index contributed by atoms with van der Waals surface area (Å²) in [5.74, 6) is 0.785. The van der Waals surface area contributed by atoms with E-state index in [0.717, 1.165) is 5.56 Å². The number of aliphatic hydroxyl groups is 1. The summed E-state index contributed by atoms with van der Waals surface area (Å²) >= 11 is 5.18. The maximum Gasteiger partial charge on any atom is 0.215 e. The first kappa shape index (κ1) is 13.5. The molecule has 1 aromatic heterocycles. The first-order chi connectivity index (χ1) is 9.61. The third-order valence-electron chi connectivity index (χ3n) is 4.37. The molecule has 2 aromatic rings. The van der Waals surface area contributed by atoms with Crippen molar-refractivity contribution >= 4 is 12.2 Å². The molecule has 2 N–H and O–H groups in total. The fourth-order valence-corrected chi connectivity index (χ4v) is 3.01. The van der Waals surface area contributed by atoms with Crippen LogP contribution in [0.4, 0.5) is 0 Å². The predicted molar refractivity (Wildman–Crippen MR) is 79.6 cm³/mol. The minimum Gasteiger partial charge on any atom is -0.383 e. The van der Waals surface area contributed by atoms with E-state index in [-0.39, 0.29) is 5.92 Å². The SMILES string of the molecule is CC(C1CC1)C(O)(Cn1[nH]cnc1=S)c1ccccc1. The Hall–Kier alpha value is -1.46. The van der Waals surface area contributed by atoms with Crippen molar-refractivity contribution in [2.24, 2.45) is 11.8 Å². The van der Waals surface area contributed by atoms with Crippen LogP contribution in [0.5, 0.6) is 0 Å². The van der Waals surface area contributed by atoms with Crippen LogP contribution in [0.15, 0.2) is 36.7 Å². The number of nitrogens with zero attached hydrogens (tertiary/aromatic N) is 2. The molecular weight excluding hydrogens is 270 g/mol. The zero-order valence-corrected chi connectivity index (χ0v) is 12.3. The van der Waals surface area contributed by atoms with Gasteiger partial charge >= 0.3 is 0 Å². The predicted octanol–water partition coefficient (Wildman–Crippen LogP) is 2.87. The average Bonchev–Trinajstić information content (AvgIpc) is 3.24. The van der Waals surface area contributed by atoms with Crippen molar-refractivity contribution < 1.29 is 5.11 Å². The Kier molecular flexibility index (Phi) is 3.48. The molecule has 1 aliphatic carbocycles. The number of rotatable bonds is 5. The maximum absolute atomic E-state index is 11.3. The molecule has 1 saturated carbocycles. The van der Waals surface area contributed by atoms with Crippen molar-refractivity contribution in [2.75, 3.05) is 0 Å². The number of H-pyrrole nitrogens is 1. The van der Waals surface area contributed by atoms with Crippen LogP contribution in [0.2, 0.25) is 0 Å². The van der Waals surface area contributed by atoms with Gasteiger partial charge in [-0.3, -0.25) is 9.78 Å². The Balaban J connectivity index is 1.99. The van der Waals surface area contributed by atoms with Gasteiger partial charge in [-0.05, 0) is 42.5 Å². The Morgan fingerprint density at radius 1 is 1.45 bits per heavy atom. The Bertz CT molecular complexity index is 632. The lowest BCUT2D eigenvalue weighted by molar-refractivity contribution is -0.0445. The molecular formula is C15H19N3OS. The van der Waals surface area contributed by atoms with Gasteiger partial charge in [-0.2, -0.15) is 0 Å². The number of benzene rings is 1. The van der Waals surface area contributed by atoms with E-state index >= 15 is 0 Å². The average molecular weight is 289 g/mol. The zero-order chi connectivity index (χ0) is 14.2. The molecule has 106 valence electrons. The summed E-state index contributed by atoms with van der Waals surface area (Å²) in [6.07, 6.45) is 3.96. The molecule has 2 unspecified atom stereocenters. The largest absolute Gasteiger partial charge is 0.383 e. The summed E-state index contributed by atoms with van der Waals surface area (Å²) in [5.41, 5.74) is 0.0172. The number of aromatic nitrogens is 3. The van der Waals surface area contributed by atoms with Gasteiger partial charge in [-0.25, -0.2) is 4.98 Å². The van der Waals surface area contributed by atoms with E-state index in [0.29, 0.717) is 17.2 Å². The van der Waals surface area contributed by atoms with Crippen molar-refractivity contribution in [2.45, 2.75) is 31.9 Å². The topological polar surface area (TPSA) is 53.8 Å². The standard InChI is InChI=1S/C15H19N3OS/c1-11(12-7-8-12)15(19,13-5-3-2-4-6-13)9-18-14(20)16-10-17-18/h2-6,10-12,19H,7-9H2,1H3,(H,16,17,20). The van der Waals surface area contributed by atoms with E-state index < -0.39 is 5.60 Å². The van der Waals surface area contributed by atoms with Crippen LogP contribution >= 0.6 is 12.2 Å². The van der Waals surface area contributed by atoms with E-state index in [1.807, 2.05) is 30.3 Å². The fourth-order valence-electron chi connectivity index (χ4n) is 2.84. The van der Waals surface area contributed by atoms with Crippen LogP contribution in [0.1, 0.15) is 25.3 Å². The highest BCUT2D eigenvalue weighted by Gasteiger charge is 2.44. The monoisotopic (exact) mass is 289 g/mol. The third-order valence-corrected chi connectivity index (χ3v) is 4.70. The second-order valence-corrected chi connectivity index (χ2v) is 6.04. The van der Waals surface area contributed by atoms with Gasteiger partial charge in [0.1, 0.15) is 11.9 Å². The summed E-state index contributed by atoms with van der Waals surface area (Å²) in [4.78, 5) is 4.03. The maximum atomic E-state index is 11.3. The van der Waals surface area contributed by atoms with Gasteiger partial charge in [0.25, 0.3) is 0 Å². The molecule has 4 nitrogen and oxygen atoms in total. The van der Waals surface area contributed by atoms with Gasteiger partial charge in [0.15, 0.2) is 0 Å². The van der Waals surface area contributed by atoms with E-state index in [1.54, 1.807) is 11.0 Å². The van der Waals surface area contributed by atoms with E-state index in [4.69, 9.17) is 12.2 Å². The normalized spacial score (nSPS) is 19.5. The first-order valence-electron chi connectivity index (χ1n) is 6.99. The summed E-state index contributed by atoms with van der Waals surface area (Å²) in [6.45, 7) is 2.54. The van der Waals surface area contributed by atoms with Crippen LogP contribution in [0.3, 0.4) is 0 Å². The number of aromatic amines is 1. The lowest BCUT2D eigenvalue weighted by Crippen LogP contribution is -2.39. The number of hydrogen-bond acceptors (Lipinski definition) is 3. The van der Waals surface area contributed by atoms with Crippen molar-refractivity contribution in [3.8, 4) is 0 Å². The van der Waals surface area contributed by atoms with Gasteiger partial charge in [0.2, 0.25) is 4.77 Å².